The van der Waals surface area contributed by atoms with Crippen molar-refractivity contribution in [2.75, 3.05) is 37.5 Å². The Hall–Kier alpha value is -3.32. The Morgan fingerprint density at radius 2 is 1.57 bits per heavy atom. The molecule has 0 aromatic heterocycles. The van der Waals surface area contributed by atoms with E-state index in [1.807, 2.05) is 18.4 Å². The number of ether oxygens (including phenoxy) is 1. The number of carbonyl (C=O) groups is 5. The standard InChI is InChI=1S/C27H44N6O6S/c1-18(2)24(33-23(35)9-5-8-22(34)29-15-16-40-4)26(37)32-21(7-6-14-30-27(28)38)25(36)31-20-12-10-19(11-13-20)17-39-3/h10-13,18,21,24H,5-9,14-17H2,1-4H3,(H,29,34)(H,31,36)(H,32,37)(H,33,35)(H3,28,30,38)/t21-,24-/m0/s1. The van der Waals surface area contributed by atoms with E-state index in [0.29, 0.717) is 31.7 Å². The summed E-state index contributed by atoms with van der Waals surface area (Å²) in [5.41, 5.74) is 6.60. The number of methoxy groups -OCH3 is 1. The van der Waals surface area contributed by atoms with Crippen molar-refractivity contribution in [1.29, 1.82) is 0 Å². The third kappa shape index (κ3) is 14.7. The zero-order chi connectivity index (χ0) is 29.9. The molecule has 0 bridgehead atoms. The van der Waals surface area contributed by atoms with Crippen molar-refractivity contribution < 1.29 is 28.7 Å². The lowest BCUT2D eigenvalue weighted by atomic mass is 10.0. The van der Waals surface area contributed by atoms with Gasteiger partial charge in [0.05, 0.1) is 6.61 Å². The highest BCUT2D eigenvalue weighted by Gasteiger charge is 2.28. The zero-order valence-corrected chi connectivity index (χ0v) is 24.7. The monoisotopic (exact) mass is 580 g/mol. The van der Waals surface area contributed by atoms with Crippen LogP contribution in [0.1, 0.15) is 51.5 Å². The quantitative estimate of drug-likeness (QED) is 0.134. The molecule has 0 aliphatic heterocycles. The van der Waals surface area contributed by atoms with Crippen molar-refractivity contribution in [2.45, 2.75) is 64.6 Å². The van der Waals surface area contributed by atoms with E-state index in [1.54, 1.807) is 44.9 Å². The van der Waals surface area contributed by atoms with Crippen LogP contribution in [0.2, 0.25) is 0 Å². The van der Waals surface area contributed by atoms with Crippen molar-refractivity contribution in [3.8, 4) is 0 Å². The number of benzene rings is 1. The van der Waals surface area contributed by atoms with E-state index in [9.17, 15) is 24.0 Å². The SMILES string of the molecule is COCc1ccc(NC(=O)[C@H](CCCNC(N)=O)NC(=O)[C@@H](NC(=O)CCCC(=O)NCCSC)C(C)C)cc1. The fourth-order valence-electron chi connectivity index (χ4n) is 3.70. The summed E-state index contributed by atoms with van der Waals surface area (Å²) >= 11 is 1.63. The highest BCUT2D eigenvalue weighted by Crippen LogP contribution is 2.12. The first-order chi connectivity index (χ1) is 19.1. The summed E-state index contributed by atoms with van der Waals surface area (Å²) in [5, 5.41) is 13.5. The fourth-order valence-corrected chi connectivity index (χ4v) is 4.01. The lowest BCUT2D eigenvalue weighted by Gasteiger charge is -2.25. The molecule has 0 aliphatic carbocycles. The maximum Gasteiger partial charge on any atom is 0.312 e. The van der Waals surface area contributed by atoms with Gasteiger partial charge in [0.15, 0.2) is 0 Å². The van der Waals surface area contributed by atoms with Gasteiger partial charge in [-0.25, -0.2) is 4.79 Å². The molecule has 224 valence electrons. The number of hydrogen-bond donors (Lipinski definition) is 6. The molecular weight excluding hydrogens is 536 g/mol. The molecule has 0 fully saturated rings. The highest BCUT2D eigenvalue weighted by atomic mass is 32.2. The van der Waals surface area contributed by atoms with Gasteiger partial charge in [-0.2, -0.15) is 11.8 Å². The maximum atomic E-state index is 13.2. The third-order valence-corrected chi connectivity index (χ3v) is 6.45. The average molecular weight is 581 g/mol. The zero-order valence-electron chi connectivity index (χ0n) is 23.8. The fraction of sp³-hybridized carbons (Fsp3) is 0.593. The van der Waals surface area contributed by atoms with Crippen molar-refractivity contribution in [1.82, 2.24) is 21.3 Å². The molecule has 1 aromatic rings. The Morgan fingerprint density at radius 3 is 2.17 bits per heavy atom. The van der Waals surface area contributed by atoms with Crippen LogP contribution in [0.5, 0.6) is 0 Å². The molecule has 2 atom stereocenters. The van der Waals surface area contributed by atoms with Gasteiger partial charge >= 0.3 is 6.03 Å². The first-order valence-electron chi connectivity index (χ1n) is 13.3. The third-order valence-electron chi connectivity index (χ3n) is 5.84. The second-order valence-electron chi connectivity index (χ2n) is 9.60. The highest BCUT2D eigenvalue weighted by molar-refractivity contribution is 7.98. The number of amides is 6. The van der Waals surface area contributed by atoms with Crippen LogP contribution in [0.25, 0.3) is 0 Å². The molecule has 13 heteroatoms. The molecule has 1 rings (SSSR count). The Bertz CT molecular complexity index is 959. The molecule has 0 unspecified atom stereocenters. The van der Waals surface area contributed by atoms with E-state index in [-0.39, 0.29) is 43.5 Å². The van der Waals surface area contributed by atoms with Crippen LogP contribution in [-0.2, 0) is 30.5 Å². The van der Waals surface area contributed by atoms with E-state index in [2.05, 4.69) is 26.6 Å². The van der Waals surface area contributed by atoms with Crippen LogP contribution in [0.15, 0.2) is 24.3 Å². The Labute approximate surface area is 240 Å². The summed E-state index contributed by atoms with van der Waals surface area (Å²) in [6, 6.07) is 4.63. The summed E-state index contributed by atoms with van der Waals surface area (Å²) in [6.07, 6.45) is 3.22. The van der Waals surface area contributed by atoms with Crippen molar-refractivity contribution >= 4 is 47.1 Å². The number of hydrogen-bond acceptors (Lipinski definition) is 7. The summed E-state index contributed by atoms with van der Waals surface area (Å²) in [7, 11) is 1.59. The molecule has 0 spiro atoms. The predicted octanol–water partition coefficient (Wildman–Crippen LogP) is 1.50. The molecule has 1 aromatic carbocycles. The molecule has 0 heterocycles. The lowest BCUT2D eigenvalue weighted by molar-refractivity contribution is -0.132. The number of rotatable bonds is 19. The van der Waals surface area contributed by atoms with E-state index in [1.165, 1.54) is 0 Å². The first kappa shape index (κ1) is 34.7. The summed E-state index contributed by atoms with van der Waals surface area (Å²) in [4.78, 5) is 61.7. The summed E-state index contributed by atoms with van der Waals surface area (Å²) in [6.45, 7) is 4.83. The number of thioether (sulfide) groups is 1. The maximum absolute atomic E-state index is 13.2. The number of anilines is 1. The van der Waals surface area contributed by atoms with Crippen LogP contribution in [-0.4, -0.2) is 74.0 Å². The van der Waals surface area contributed by atoms with E-state index < -0.39 is 29.9 Å². The smallest absolute Gasteiger partial charge is 0.312 e. The minimum absolute atomic E-state index is 0.0915. The van der Waals surface area contributed by atoms with Gasteiger partial charge in [0, 0.05) is 44.5 Å². The number of urea groups is 1. The molecular formula is C27H44N6O6S. The van der Waals surface area contributed by atoms with E-state index in [4.69, 9.17) is 10.5 Å². The summed E-state index contributed by atoms with van der Waals surface area (Å²) in [5.74, 6) is -0.850. The van der Waals surface area contributed by atoms with Gasteiger partial charge in [0.25, 0.3) is 0 Å². The van der Waals surface area contributed by atoms with Gasteiger partial charge in [-0.05, 0) is 49.1 Å². The van der Waals surface area contributed by atoms with Gasteiger partial charge in [-0.15, -0.1) is 0 Å². The largest absolute Gasteiger partial charge is 0.380 e. The first-order valence-corrected chi connectivity index (χ1v) is 14.7. The minimum Gasteiger partial charge on any atom is -0.380 e. The van der Waals surface area contributed by atoms with Crippen LogP contribution in [0, 0.1) is 5.92 Å². The minimum atomic E-state index is -0.927. The number of primary amides is 1. The average Bonchev–Trinajstić information content (AvgIpc) is 2.90. The molecule has 40 heavy (non-hydrogen) atoms. The Balaban J connectivity index is 2.78. The Morgan fingerprint density at radius 1 is 0.900 bits per heavy atom. The van der Waals surface area contributed by atoms with Gasteiger partial charge in [-0.3, -0.25) is 19.2 Å². The van der Waals surface area contributed by atoms with Crippen LogP contribution in [0.3, 0.4) is 0 Å². The summed E-state index contributed by atoms with van der Waals surface area (Å²) < 4.78 is 5.10. The normalized spacial score (nSPS) is 12.2. The molecule has 6 amide bonds. The van der Waals surface area contributed by atoms with Gasteiger partial charge in [0.2, 0.25) is 23.6 Å². The molecule has 12 nitrogen and oxygen atoms in total. The van der Waals surface area contributed by atoms with Gasteiger partial charge < -0.3 is 37.1 Å². The topological polar surface area (TPSA) is 181 Å². The van der Waals surface area contributed by atoms with Crippen LogP contribution in [0.4, 0.5) is 10.5 Å². The van der Waals surface area contributed by atoms with Gasteiger partial charge in [0.1, 0.15) is 12.1 Å². The van der Waals surface area contributed by atoms with Crippen molar-refractivity contribution in [3.63, 3.8) is 0 Å². The Kier molecular flexibility index (Phi) is 17.1. The second kappa shape index (κ2) is 19.7. The molecule has 0 saturated carbocycles. The second-order valence-corrected chi connectivity index (χ2v) is 10.6. The number of nitrogens with one attached hydrogen (secondary N) is 5. The van der Waals surface area contributed by atoms with Crippen molar-refractivity contribution in [3.05, 3.63) is 29.8 Å². The molecule has 7 N–H and O–H groups in total. The number of nitrogens with two attached hydrogens (primary N) is 1. The molecule has 0 aliphatic rings. The molecule has 0 saturated heterocycles. The predicted molar refractivity (Wildman–Crippen MR) is 157 cm³/mol. The molecule has 0 radical (unpaired) electrons. The van der Waals surface area contributed by atoms with E-state index in [0.717, 1.165) is 11.3 Å². The van der Waals surface area contributed by atoms with Crippen molar-refractivity contribution in [2.24, 2.45) is 11.7 Å². The lowest BCUT2D eigenvalue weighted by Crippen LogP contribution is -2.54. The van der Waals surface area contributed by atoms with Crippen LogP contribution < -0.4 is 32.3 Å². The van der Waals surface area contributed by atoms with Gasteiger partial charge in [-0.1, -0.05) is 26.0 Å². The van der Waals surface area contributed by atoms with E-state index >= 15 is 0 Å². The number of carbonyl (C=O) groups excluding carboxylic acids is 5. The van der Waals surface area contributed by atoms with Crippen LogP contribution >= 0.6 is 11.8 Å².